The van der Waals surface area contributed by atoms with E-state index in [1.54, 1.807) is 11.8 Å². The third kappa shape index (κ3) is 6.22. The Morgan fingerprint density at radius 1 is 1.31 bits per heavy atom. The van der Waals surface area contributed by atoms with E-state index in [4.69, 9.17) is 5.73 Å². The molecule has 0 saturated heterocycles. The summed E-state index contributed by atoms with van der Waals surface area (Å²) < 4.78 is 0. The van der Waals surface area contributed by atoms with Crippen molar-refractivity contribution in [3.8, 4) is 0 Å². The Morgan fingerprint density at radius 3 is 2.50 bits per heavy atom. The fourth-order valence-corrected chi connectivity index (χ4v) is 1.75. The Balaban J connectivity index is 0.00000225. The minimum atomic E-state index is 0. The second-order valence-electron chi connectivity index (χ2n) is 3.30. The van der Waals surface area contributed by atoms with Gasteiger partial charge in [0.1, 0.15) is 0 Å². The van der Waals surface area contributed by atoms with Crippen molar-refractivity contribution in [1.82, 2.24) is 4.90 Å². The number of rotatable bonds is 4. The Hall–Kier alpha value is -0.430. The number of benzene rings is 1. The van der Waals surface area contributed by atoms with Gasteiger partial charge in [-0.15, -0.1) is 35.7 Å². The zero-order valence-electron chi connectivity index (χ0n) is 9.59. The zero-order chi connectivity index (χ0) is 11.1. The lowest BCUT2D eigenvalue weighted by molar-refractivity contribution is 0.610. The van der Waals surface area contributed by atoms with E-state index in [-0.39, 0.29) is 24.0 Å². The van der Waals surface area contributed by atoms with Gasteiger partial charge in [-0.2, -0.15) is 0 Å². The second kappa shape index (κ2) is 8.69. The SMILES string of the molecule is CN(C)C(N)=NCCSc1ccccc1.I. The summed E-state index contributed by atoms with van der Waals surface area (Å²) in [6, 6.07) is 10.3. The molecule has 0 amide bonds. The summed E-state index contributed by atoms with van der Waals surface area (Å²) >= 11 is 1.79. The third-order valence-electron chi connectivity index (χ3n) is 1.84. The fourth-order valence-electron chi connectivity index (χ4n) is 0.982. The fraction of sp³-hybridized carbons (Fsp3) is 0.364. The van der Waals surface area contributed by atoms with Crippen LogP contribution in [0.5, 0.6) is 0 Å². The maximum absolute atomic E-state index is 5.66. The summed E-state index contributed by atoms with van der Waals surface area (Å²) in [5, 5.41) is 0. The molecule has 16 heavy (non-hydrogen) atoms. The molecule has 5 heteroatoms. The van der Waals surface area contributed by atoms with Crippen LogP contribution in [0.2, 0.25) is 0 Å². The number of hydrogen-bond acceptors (Lipinski definition) is 2. The maximum atomic E-state index is 5.66. The van der Waals surface area contributed by atoms with Crippen molar-refractivity contribution in [2.75, 3.05) is 26.4 Å². The Labute approximate surface area is 119 Å². The molecule has 1 aromatic rings. The van der Waals surface area contributed by atoms with E-state index in [2.05, 4.69) is 17.1 Å². The van der Waals surface area contributed by atoms with Gasteiger partial charge in [-0.25, -0.2) is 0 Å². The first-order chi connectivity index (χ1) is 7.20. The van der Waals surface area contributed by atoms with Gasteiger partial charge in [0.15, 0.2) is 5.96 Å². The van der Waals surface area contributed by atoms with Crippen molar-refractivity contribution in [2.45, 2.75) is 4.90 Å². The van der Waals surface area contributed by atoms with E-state index in [1.165, 1.54) is 4.90 Å². The predicted octanol–water partition coefficient (Wildman–Crippen LogP) is 2.27. The second-order valence-corrected chi connectivity index (χ2v) is 4.46. The molecule has 2 N–H and O–H groups in total. The maximum Gasteiger partial charge on any atom is 0.190 e. The molecular formula is C11H18IN3S. The molecule has 0 aromatic heterocycles. The van der Waals surface area contributed by atoms with Crippen LogP contribution in [-0.4, -0.2) is 37.3 Å². The third-order valence-corrected chi connectivity index (χ3v) is 2.83. The summed E-state index contributed by atoms with van der Waals surface area (Å²) in [5.41, 5.74) is 5.66. The van der Waals surface area contributed by atoms with Crippen LogP contribution in [0.15, 0.2) is 40.2 Å². The topological polar surface area (TPSA) is 41.6 Å². The molecule has 0 unspecified atom stereocenters. The monoisotopic (exact) mass is 351 g/mol. The van der Waals surface area contributed by atoms with E-state index in [0.29, 0.717) is 5.96 Å². The van der Waals surface area contributed by atoms with E-state index in [9.17, 15) is 0 Å². The van der Waals surface area contributed by atoms with Crippen LogP contribution in [0.3, 0.4) is 0 Å². The number of aliphatic imine (C=N–C) groups is 1. The van der Waals surface area contributed by atoms with Gasteiger partial charge < -0.3 is 10.6 Å². The summed E-state index contributed by atoms with van der Waals surface area (Å²) in [5.74, 6) is 1.54. The molecule has 0 aliphatic carbocycles. The minimum Gasteiger partial charge on any atom is -0.370 e. The van der Waals surface area contributed by atoms with Crippen molar-refractivity contribution >= 4 is 41.7 Å². The quantitative estimate of drug-likeness (QED) is 0.298. The molecule has 1 rings (SSSR count). The molecule has 0 bridgehead atoms. The number of nitrogens with two attached hydrogens (primary N) is 1. The molecule has 1 aromatic carbocycles. The molecule has 0 saturated carbocycles. The van der Waals surface area contributed by atoms with Crippen LogP contribution in [0, 0.1) is 0 Å². The lowest BCUT2D eigenvalue weighted by atomic mass is 10.4. The number of hydrogen-bond donors (Lipinski definition) is 1. The first-order valence-corrected chi connectivity index (χ1v) is 5.84. The van der Waals surface area contributed by atoms with Gasteiger partial charge in [-0.1, -0.05) is 18.2 Å². The highest BCUT2D eigenvalue weighted by Gasteiger charge is 1.94. The van der Waals surface area contributed by atoms with E-state index >= 15 is 0 Å². The predicted molar refractivity (Wildman–Crippen MR) is 82.8 cm³/mol. The molecule has 0 spiro atoms. The van der Waals surface area contributed by atoms with Crippen LogP contribution >= 0.6 is 35.7 Å². The van der Waals surface area contributed by atoms with Crippen LogP contribution in [0.25, 0.3) is 0 Å². The normalized spacial score (nSPS) is 10.8. The number of guanidine groups is 1. The van der Waals surface area contributed by atoms with E-state index in [1.807, 2.05) is 37.2 Å². The van der Waals surface area contributed by atoms with E-state index < -0.39 is 0 Å². The van der Waals surface area contributed by atoms with Gasteiger partial charge in [-0.3, -0.25) is 4.99 Å². The minimum absolute atomic E-state index is 0. The van der Waals surface area contributed by atoms with Gasteiger partial charge in [0.25, 0.3) is 0 Å². The molecule has 3 nitrogen and oxygen atoms in total. The molecule has 0 heterocycles. The van der Waals surface area contributed by atoms with Gasteiger partial charge in [0.05, 0.1) is 6.54 Å². The molecule has 0 aliphatic rings. The molecule has 0 aliphatic heterocycles. The summed E-state index contributed by atoms with van der Waals surface area (Å²) in [6.07, 6.45) is 0. The van der Waals surface area contributed by atoms with Crippen LogP contribution < -0.4 is 5.73 Å². The van der Waals surface area contributed by atoms with Crippen LogP contribution in [0.4, 0.5) is 0 Å². The lowest BCUT2D eigenvalue weighted by Gasteiger charge is -2.10. The van der Waals surface area contributed by atoms with Gasteiger partial charge in [0.2, 0.25) is 0 Å². The van der Waals surface area contributed by atoms with E-state index in [0.717, 1.165) is 12.3 Å². The lowest BCUT2D eigenvalue weighted by Crippen LogP contribution is -2.30. The highest BCUT2D eigenvalue weighted by atomic mass is 127. The van der Waals surface area contributed by atoms with Crippen molar-refractivity contribution in [2.24, 2.45) is 10.7 Å². The smallest absolute Gasteiger partial charge is 0.190 e. The average molecular weight is 351 g/mol. The summed E-state index contributed by atoms with van der Waals surface area (Å²) in [4.78, 5) is 7.33. The molecule has 0 radical (unpaired) electrons. The number of thioether (sulfide) groups is 1. The molecular weight excluding hydrogens is 333 g/mol. The summed E-state index contributed by atoms with van der Waals surface area (Å²) in [7, 11) is 3.78. The van der Waals surface area contributed by atoms with Crippen molar-refractivity contribution in [1.29, 1.82) is 0 Å². The standard InChI is InChI=1S/C11H17N3S.HI/c1-14(2)11(12)13-8-9-15-10-6-4-3-5-7-10;/h3-7H,8-9H2,1-2H3,(H2,12,13);1H. The number of halogens is 1. The van der Waals surface area contributed by atoms with Crippen molar-refractivity contribution < 1.29 is 0 Å². The largest absolute Gasteiger partial charge is 0.370 e. The van der Waals surface area contributed by atoms with Gasteiger partial charge >= 0.3 is 0 Å². The summed E-state index contributed by atoms with van der Waals surface area (Å²) in [6.45, 7) is 0.754. The highest BCUT2D eigenvalue weighted by Crippen LogP contribution is 2.16. The van der Waals surface area contributed by atoms with Crippen LogP contribution in [-0.2, 0) is 0 Å². The van der Waals surface area contributed by atoms with Gasteiger partial charge in [0, 0.05) is 24.7 Å². The molecule has 0 fully saturated rings. The Morgan fingerprint density at radius 2 is 1.94 bits per heavy atom. The van der Waals surface area contributed by atoms with Crippen molar-refractivity contribution in [3.05, 3.63) is 30.3 Å². The van der Waals surface area contributed by atoms with Crippen molar-refractivity contribution in [3.63, 3.8) is 0 Å². The molecule has 90 valence electrons. The number of nitrogens with zero attached hydrogens (tertiary/aromatic N) is 2. The first kappa shape index (κ1) is 15.6. The Bertz CT molecular complexity index is 314. The Kier molecular flexibility index (Phi) is 8.46. The highest BCUT2D eigenvalue weighted by molar-refractivity contribution is 14.0. The van der Waals surface area contributed by atoms with Gasteiger partial charge in [-0.05, 0) is 12.1 Å². The van der Waals surface area contributed by atoms with Crippen LogP contribution in [0.1, 0.15) is 0 Å². The first-order valence-electron chi connectivity index (χ1n) is 4.85. The average Bonchev–Trinajstić information content (AvgIpc) is 2.25. The zero-order valence-corrected chi connectivity index (χ0v) is 12.7. The molecule has 0 atom stereocenters.